The molecule has 3 nitrogen and oxygen atoms in total. The first-order valence-electron chi connectivity index (χ1n) is 7.27. The van der Waals surface area contributed by atoms with Crippen LogP contribution in [0.3, 0.4) is 0 Å². The minimum Gasteiger partial charge on any atom is -0.383 e. The summed E-state index contributed by atoms with van der Waals surface area (Å²) in [6, 6.07) is 4.89. The van der Waals surface area contributed by atoms with Crippen LogP contribution in [0.5, 0.6) is 0 Å². The van der Waals surface area contributed by atoms with Gasteiger partial charge in [-0.25, -0.2) is 9.37 Å². The van der Waals surface area contributed by atoms with Crippen molar-refractivity contribution in [2.24, 2.45) is 0 Å². The normalized spacial score (nSPS) is 11.3. The number of hydrogen-bond donors (Lipinski definition) is 1. The molecule has 1 heterocycles. The van der Waals surface area contributed by atoms with E-state index in [1.54, 1.807) is 12.1 Å². The lowest BCUT2D eigenvalue weighted by molar-refractivity contribution is 0.588. The van der Waals surface area contributed by atoms with Crippen molar-refractivity contribution in [1.29, 1.82) is 0 Å². The summed E-state index contributed by atoms with van der Waals surface area (Å²) in [5.41, 5.74) is 7.06. The van der Waals surface area contributed by atoms with Crippen molar-refractivity contribution in [1.82, 2.24) is 9.55 Å². The number of hydrogen-bond acceptors (Lipinski definition) is 2. The fourth-order valence-electron chi connectivity index (χ4n) is 2.36. The van der Waals surface area contributed by atoms with E-state index in [0.717, 1.165) is 25.2 Å². The predicted molar refractivity (Wildman–Crippen MR) is 86.0 cm³/mol. The van der Waals surface area contributed by atoms with E-state index in [4.69, 9.17) is 17.3 Å². The van der Waals surface area contributed by atoms with Gasteiger partial charge in [0.1, 0.15) is 17.3 Å². The van der Waals surface area contributed by atoms with Gasteiger partial charge in [0.15, 0.2) is 5.82 Å². The number of rotatable bonds is 5. The molecular weight excluding hydrogens is 289 g/mol. The van der Waals surface area contributed by atoms with Gasteiger partial charge in [-0.1, -0.05) is 44.9 Å². The molecule has 114 valence electrons. The van der Waals surface area contributed by atoms with E-state index >= 15 is 0 Å². The summed E-state index contributed by atoms with van der Waals surface area (Å²) in [6.07, 6.45) is 2.08. The molecule has 2 rings (SSSR count). The van der Waals surface area contributed by atoms with Crippen LogP contribution in [-0.2, 0) is 6.54 Å². The Morgan fingerprint density at radius 2 is 2.10 bits per heavy atom. The Morgan fingerprint density at radius 3 is 2.71 bits per heavy atom. The summed E-state index contributed by atoms with van der Waals surface area (Å²) < 4.78 is 16.2. The van der Waals surface area contributed by atoms with Crippen LogP contribution in [0.4, 0.5) is 10.2 Å². The Hall–Kier alpha value is -1.55. The van der Waals surface area contributed by atoms with Gasteiger partial charge in [0.2, 0.25) is 0 Å². The largest absolute Gasteiger partial charge is 0.383 e. The maximum Gasteiger partial charge on any atom is 0.151 e. The molecule has 21 heavy (non-hydrogen) atoms. The van der Waals surface area contributed by atoms with Gasteiger partial charge in [0.05, 0.1) is 5.02 Å². The summed E-state index contributed by atoms with van der Waals surface area (Å²) in [4.78, 5) is 4.57. The Balaban J connectivity index is 2.57. The van der Waals surface area contributed by atoms with E-state index in [-0.39, 0.29) is 10.9 Å². The van der Waals surface area contributed by atoms with Gasteiger partial charge in [-0.2, -0.15) is 0 Å². The van der Waals surface area contributed by atoms with Gasteiger partial charge in [0, 0.05) is 18.0 Å². The SMILES string of the molecule is CCCCn1c(C(C)C)nc(-c2cccc(Cl)c2F)c1N. The Morgan fingerprint density at radius 1 is 1.38 bits per heavy atom. The van der Waals surface area contributed by atoms with Crippen LogP contribution in [0, 0.1) is 5.82 Å². The number of anilines is 1. The third-order valence-corrected chi connectivity index (χ3v) is 3.79. The van der Waals surface area contributed by atoms with Crippen molar-refractivity contribution < 1.29 is 4.39 Å². The zero-order valence-electron chi connectivity index (χ0n) is 12.7. The number of nitrogen functional groups attached to an aromatic ring is 1. The van der Waals surface area contributed by atoms with Crippen molar-refractivity contribution >= 4 is 17.4 Å². The number of halogens is 2. The summed E-state index contributed by atoms with van der Waals surface area (Å²) in [7, 11) is 0. The second-order valence-corrected chi connectivity index (χ2v) is 5.87. The average molecular weight is 310 g/mol. The molecule has 2 N–H and O–H groups in total. The maximum absolute atomic E-state index is 14.2. The first kappa shape index (κ1) is 15.8. The fourth-order valence-corrected chi connectivity index (χ4v) is 2.53. The number of imidazole rings is 1. The van der Waals surface area contributed by atoms with E-state index < -0.39 is 5.82 Å². The molecule has 0 unspecified atom stereocenters. The lowest BCUT2D eigenvalue weighted by Gasteiger charge is -2.11. The number of nitrogens with two attached hydrogens (primary N) is 1. The molecule has 0 fully saturated rings. The Labute approximate surface area is 129 Å². The highest BCUT2D eigenvalue weighted by molar-refractivity contribution is 6.31. The summed E-state index contributed by atoms with van der Waals surface area (Å²) in [5.74, 6) is 1.14. The number of nitrogens with zero attached hydrogens (tertiary/aromatic N) is 2. The van der Waals surface area contributed by atoms with Crippen molar-refractivity contribution in [2.75, 3.05) is 5.73 Å². The lowest BCUT2D eigenvalue weighted by atomic mass is 10.1. The predicted octanol–water partition coefficient (Wildman–Crippen LogP) is 4.85. The van der Waals surface area contributed by atoms with Gasteiger partial charge in [-0.05, 0) is 18.6 Å². The van der Waals surface area contributed by atoms with Gasteiger partial charge in [0.25, 0.3) is 0 Å². The number of benzene rings is 1. The molecule has 0 amide bonds. The van der Waals surface area contributed by atoms with Crippen molar-refractivity contribution in [3.63, 3.8) is 0 Å². The van der Waals surface area contributed by atoms with Crippen LogP contribution in [-0.4, -0.2) is 9.55 Å². The van der Waals surface area contributed by atoms with E-state index in [0.29, 0.717) is 17.1 Å². The van der Waals surface area contributed by atoms with Gasteiger partial charge in [-0.3, -0.25) is 0 Å². The zero-order valence-corrected chi connectivity index (χ0v) is 13.4. The topological polar surface area (TPSA) is 43.8 Å². The highest BCUT2D eigenvalue weighted by Crippen LogP contribution is 2.33. The second kappa shape index (κ2) is 6.48. The molecule has 1 aromatic carbocycles. The molecule has 0 aliphatic carbocycles. The van der Waals surface area contributed by atoms with E-state index in [9.17, 15) is 4.39 Å². The van der Waals surface area contributed by atoms with Crippen LogP contribution in [0.15, 0.2) is 18.2 Å². The van der Waals surface area contributed by atoms with Crippen LogP contribution < -0.4 is 5.73 Å². The fraction of sp³-hybridized carbons (Fsp3) is 0.438. The smallest absolute Gasteiger partial charge is 0.151 e. The van der Waals surface area contributed by atoms with Crippen molar-refractivity contribution in [3.05, 3.63) is 34.9 Å². The molecule has 0 spiro atoms. The highest BCUT2D eigenvalue weighted by Gasteiger charge is 2.20. The van der Waals surface area contributed by atoms with E-state index in [2.05, 4.69) is 25.8 Å². The van der Waals surface area contributed by atoms with Crippen molar-refractivity contribution in [2.45, 2.75) is 46.1 Å². The Bertz CT molecular complexity index is 635. The molecule has 0 aliphatic heterocycles. The molecule has 0 aliphatic rings. The minimum absolute atomic E-state index is 0.0844. The summed E-state index contributed by atoms with van der Waals surface area (Å²) in [6.45, 7) is 7.04. The van der Waals surface area contributed by atoms with Gasteiger partial charge < -0.3 is 10.3 Å². The molecular formula is C16H21ClFN3. The molecule has 0 bridgehead atoms. The third kappa shape index (κ3) is 3.05. The number of aromatic nitrogens is 2. The second-order valence-electron chi connectivity index (χ2n) is 5.47. The molecule has 0 radical (unpaired) electrons. The maximum atomic E-state index is 14.2. The number of unbranched alkanes of at least 4 members (excludes halogenated alkanes) is 1. The van der Waals surface area contributed by atoms with E-state index in [1.165, 1.54) is 6.07 Å². The standard InChI is InChI=1S/C16H21ClFN3/c1-4-5-9-21-15(19)14(20-16(21)10(2)3)11-7-6-8-12(17)13(11)18/h6-8,10H,4-5,9,19H2,1-3H3. The van der Waals surface area contributed by atoms with Crippen LogP contribution in [0.2, 0.25) is 5.02 Å². The zero-order chi connectivity index (χ0) is 15.6. The monoisotopic (exact) mass is 309 g/mol. The first-order valence-corrected chi connectivity index (χ1v) is 7.65. The Kier molecular flexibility index (Phi) is 4.88. The third-order valence-electron chi connectivity index (χ3n) is 3.49. The summed E-state index contributed by atoms with van der Waals surface area (Å²) >= 11 is 5.86. The lowest BCUT2D eigenvalue weighted by Crippen LogP contribution is -2.08. The molecule has 0 atom stereocenters. The van der Waals surface area contributed by atoms with Crippen LogP contribution >= 0.6 is 11.6 Å². The average Bonchev–Trinajstić information content (AvgIpc) is 2.77. The quantitative estimate of drug-likeness (QED) is 0.858. The van der Waals surface area contributed by atoms with Gasteiger partial charge >= 0.3 is 0 Å². The first-order chi connectivity index (χ1) is 9.97. The molecule has 0 saturated carbocycles. The van der Waals surface area contributed by atoms with Crippen LogP contribution in [0.1, 0.15) is 45.4 Å². The molecule has 1 aromatic heterocycles. The molecule has 2 aromatic rings. The van der Waals surface area contributed by atoms with E-state index in [1.807, 2.05) is 4.57 Å². The minimum atomic E-state index is -0.471. The van der Waals surface area contributed by atoms with Crippen molar-refractivity contribution in [3.8, 4) is 11.3 Å². The van der Waals surface area contributed by atoms with Crippen LogP contribution in [0.25, 0.3) is 11.3 Å². The van der Waals surface area contributed by atoms with Gasteiger partial charge in [-0.15, -0.1) is 0 Å². The summed E-state index contributed by atoms with van der Waals surface area (Å²) in [5, 5.41) is 0.0844. The highest BCUT2D eigenvalue weighted by atomic mass is 35.5. The molecule has 0 saturated heterocycles. The molecule has 5 heteroatoms.